The first-order chi connectivity index (χ1) is 8.28. The van der Waals surface area contributed by atoms with Crippen molar-refractivity contribution in [2.45, 2.75) is 6.61 Å². The van der Waals surface area contributed by atoms with Gasteiger partial charge >= 0.3 is 0 Å². The van der Waals surface area contributed by atoms with Gasteiger partial charge < -0.3 is 10.5 Å². The third-order valence-electron chi connectivity index (χ3n) is 2.40. The van der Waals surface area contributed by atoms with Crippen molar-refractivity contribution >= 4 is 12.0 Å². The Hall–Kier alpha value is -2.29. The Bertz CT molecular complexity index is 489. The van der Waals surface area contributed by atoms with Crippen molar-refractivity contribution in [3.8, 4) is 5.75 Å². The lowest BCUT2D eigenvalue weighted by Crippen LogP contribution is -1.96. The molecule has 2 aromatic carbocycles. The number of nitrogens with two attached hydrogens (primary N) is 1. The molecule has 0 aliphatic heterocycles. The lowest BCUT2D eigenvalue weighted by Gasteiger charge is -2.06. The van der Waals surface area contributed by atoms with Gasteiger partial charge in [0.15, 0.2) is 0 Å². The minimum absolute atomic E-state index is 0.487. The number of carbonyl (C=O) groups is 1. The number of ether oxygens (including phenoxy) is 1. The van der Waals surface area contributed by atoms with Gasteiger partial charge in [0.25, 0.3) is 0 Å². The lowest BCUT2D eigenvalue weighted by atomic mass is 10.2. The molecule has 0 spiro atoms. The Labute approximate surface area is 99.8 Å². The molecule has 0 atom stereocenters. The predicted molar refractivity (Wildman–Crippen MR) is 67.0 cm³/mol. The molecule has 0 bridgehead atoms. The summed E-state index contributed by atoms with van der Waals surface area (Å²) in [6.07, 6.45) is 0.809. The van der Waals surface area contributed by atoms with Crippen molar-refractivity contribution in [3.05, 3.63) is 59.7 Å². The predicted octanol–water partition coefficient (Wildman–Crippen LogP) is 2.66. The van der Waals surface area contributed by atoms with E-state index in [2.05, 4.69) is 0 Å². The molecular formula is C14H13NO2. The van der Waals surface area contributed by atoms with E-state index in [0.717, 1.165) is 23.3 Å². The molecule has 0 fully saturated rings. The second-order valence-electron chi connectivity index (χ2n) is 3.72. The van der Waals surface area contributed by atoms with Crippen LogP contribution in [-0.2, 0) is 6.61 Å². The number of rotatable bonds is 4. The number of hydrogen-bond donors (Lipinski definition) is 1. The molecule has 17 heavy (non-hydrogen) atoms. The Morgan fingerprint density at radius 3 is 2.24 bits per heavy atom. The van der Waals surface area contributed by atoms with Crippen LogP contribution < -0.4 is 10.5 Å². The summed E-state index contributed by atoms with van der Waals surface area (Å²) in [6.45, 7) is 0.487. The van der Waals surface area contributed by atoms with Gasteiger partial charge in [0.2, 0.25) is 0 Å². The monoisotopic (exact) mass is 227 g/mol. The average molecular weight is 227 g/mol. The van der Waals surface area contributed by atoms with Crippen LogP contribution in [0.5, 0.6) is 5.75 Å². The van der Waals surface area contributed by atoms with Crippen LogP contribution in [0.2, 0.25) is 0 Å². The van der Waals surface area contributed by atoms with Crippen LogP contribution in [0.3, 0.4) is 0 Å². The molecule has 2 aromatic rings. The van der Waals surface area contributed by atoms with E-state index in [4.69, 9.17) is 10.5 Å². The smallest absolute Gasteiger partial charge is 0.150 e. The van der Waals surface area contributed by atoms with Gasteiger partial charge in [-0.2, -0.15) is 0 Å². The summed E-state index contributed by atoms with van der Waals surface area (Å²) in [5, 5.41) is 0. The SMILES string of the molecule is Nc1ccc(COc2ccc(C=O)cc2)cc1. The zero-order valence-electron chi connectivity index (χ0n) is 9.30. The highest BCUT2D eigenvalue weighted by atomic mass is 16.5. The first kappa shape index (κ1) is 11.2. The summed E-state index contributed by atoms with van der Waals surface area (Å²) < 4.78 is 5.57. The number of hydrogen-bond acceptors (Lipinski definition) is 3. The van der Waals surface area contributed by atoms with Crippen LogP contribution in [0.25, 0.3) is 0 Å². The van der Waals surface area contributed by atoms with Crippen LogP contribution in [0.15, 0.2) is 48.5 Å². The molecule has 3 nitrogen and oxygen atoms in total. The average Bonchev–Trinajstić information content (AvgIpc) is 2.39. The molecule has 0 radical (unpaired) electrons. The third kappa shape index (κ3) is 3.08. The molecule has 3 heteroatoms. The normalized spacial score (nSPS) is 9.88. The van der Waals surface area contributed by atoms with E-state index in [9.17, 15) is 4.79 Å². The van der Waals surface area contributed by atoms with Gasteiger partial charge in [-0.1, -0.05) is 12.1 Å². The van der Waals surface area contributed by atoms with E-state index >= 15 is 0 Å². The minimum atomic E-state index is 0.487. The number of carbonyl (C=O) groups excluding carboxylic acids is 1. The maximum Gasteiger partial charge on any atom is 0.150 e. The van der Waals surface area contributed by atoms with Crippen molar-refractivity contribution in [2.24, 2.45) is 0 Å². The van der Waals surface area contributed by atoms with Crippen molar-refractivity contribution < 1.29 is 9.53 Å². The molecule has 0 amide bonds. The van der Waals surface area contributed by atoms with Gasteiger partial charge in [-0.25, -0.2) is 0 Å². The Kier molecular flexibility index (Phi) is 3.40. The summed E-state index contributed by atoms with van der Waals surface area (Å²) in [4.78, 5) is 10.5. The summed E-state index contributed by atoms with van der Waals surface area (Å²) in [5.41, 5.74) is 8.03. The number of nitrogen functional groups attached to an aromatic ring is 1. The fraction of sp³-hybridized carbons (Fsp3) is 0.0714. The first-order valence-corrected chi connectivity index (χ1v) is 5.30. The van der Waals surface area contributed by atoms with Crippen LogP contribution >= 0.6 is 0 Å². The molecule has 0 unspecified atom stereocenters. The van der Waals surface area contributed by atoms with Gasteiger partial charge in [-0.3, -0.25) is 4.79 Å². The summed E-state index contributed by atoms with van der Waals surface area (Å²) >= 11 is 0. The highest BCUT2D eigenvalue weighted by Crippen LogP contribution is 2.14. The van der Waals surface area contributed by atoms with Crippen molar-refractivity contribution in [1.82, 2.24) is 0 Å². The van der Waals surface area contributed by atoms with E-state index in [1.54, 1.807) is 24.3 Å². The molecule has 86 valence electrons. The number of aldehydes is 1. The number of benzene rings is 2. The molecular weight excluding hydrogens is 214 g/mol. The molecule has 0 aliphatic carbocycles. The van der Waals surface area contributed by atoms with Crippen molar-refractivity contribution in [2.75, 3.05) is 5.73 Å². The summed E-state index contributed by atoms with van der Waals surface area (Å²) in [6, 6.07) is 14.5. The lowest BCUT2D eigenvalue weighted by molar-refractivity contribution is 0.112. The van der Waals surface area contributed by atoms with Gasteiger partial charge in [-0.15, -0.1) is 0 Å². The van der Waals surface area contributed by atoms with Crippen LogP contribution in [0.1, 0.15) is 15.9 Å². The maximum absolute atomic E-state index is 10.5. The topological polar surface area (TPSA) is 52.3 Å². The second kappa shape index (κ2) is 5.16. The Morgan fingerprint density at radius 1 is 1.00 bits per heavy atom. The maximum atomic E-state index is 10.5. The van der Waals surface area contributed by atoms with Crippen LogP contribution in [-0.4, -0.2) is 6.29 Å². The third-order valence-corrected chi connectivity index (χ3v) is 2.40. The van der Waals surface area contributed by atoms with Gasteiger partial charge in [-0.05, 0) is 42.0 Å². The summed E-state index contributed by atoms with van der Waals surface area (Å²) in [7, 11) is 0. The molecule has 0 aromatic heterocycles. The van der Waals surface area contributed by atoms with E-state index in [0.29, 0.717) is 12.2 Å². The van der Waals surface area contributed by atoms with E-state index < -0.39 is 0 Å². The zero-order valence-corrected chi connectivity index (χ0v) is 9.30. The van der Waals surface area contributed by atoms with E-state index in [1.807, 2.05) is 24.3 Å². The van der Waals surface area contributed by atoms with Gasteiger partial charge in [0.1, 0.15) is 18.6 Å². The zero-order chi connectivity index (χ0) is 12.1. The fourth-order valence-corrected chi connectivity index (χ4v) is 1.42. The molecule has 0 saturated carbocycles. The minimum Gasteiger partial charge on any atom is -0.489 e. The molecule has 0 aliphatic rings. The summed E-state index contributed by atoms with van der Waals surface area (Å²) in [5.74, 6) is 0.743. The highest BCUT2D eigenvalue weighted by Gasteiger charge is 1.96. The van der Waals surface area contributed by atoms with Gasteiger partial charge in [0, 0.05) is 11.3 Å². The second-order valence-corrected chi connectivity index (χ2v) is 3.72. The van der Waals surface area contributed by atoms with Crippen molar-refractivity contribution in [3.63, 3.8) is 0 Å². The molecule has 0 saturated heterocycles. The standard InChI is InChI=1S/C14H13NO2/c15-13-5-1-12(2-6-13)10-17-14-7-3-11(9-16)4-8-14/h1-9H,10,15H2. The van der Waals surface area contributed by atoms with E-state index in [1.165, 1.54) is 0 Å². The van der Waals surface area contributed by atoms with Crippen molar-refractivity contribution in [1.29, 1.82) is 0 Å². The van der Waals surface area contributed by atoms with Gasteiger partial charge in [0.05, 0.1) is 0 Å². The highest BCUT2D eigenvalue weighted by molar-refractivity contribution is 5.74. The number of anilines is 1. The van der Waals surface area contributed by atoms with E-state index in [-0.39, 0.29) is 0 Å². The largest absolute Gasteiger partial charge is 0.489 e. The van der Waals surface area contributed by atoms with Crippen LogP contribution in [0, 0.1) is 0 Å². The quantitative estimate of drug-likeness (QED) is 0.645. The molecule has 2 rings (SSSR count). The Morgan fingerprint density at radius 2 is 1.65 bits per heavy atom. The van der Waals surface area contributed by atoms with Crippen LogP contribution in [0.4, 0.5) is 5.69 Å². The fourth-order valence-electron chi connectivity index (χ4n) is 1.42. The Balaban J connectivity index is 1.97. The molecule has 2 N–H and O–H groups in total. The first-order valence-electron chi connectivity index (χ1n) is 5.30. The molecule has 0 heterocycles.